The lowest BCUT2D eigenvalue weighted by Crippen LogP contribution is -2.07. The minimum absolute atomic E-state index is 0. The summed E-state index contributed by atoms with van der Waals surface area (Å²) in [4.78, 5) is 10.2. The van der Waals surface area contributed by atoms with Gasteiger partial charge in [0, 0.05) is 5.66 Å². The van der Waals surface area contributed by atoms with E-state index in [0.717, 1.165) is 31.1 Å². The van der Waals surface area contributed by atoms with Gasteiger partial charge in [-0.05, 0) is 92.6 Å². The summed E-state index contributed by atoms with van der Waals surface area (Å²) in [7, 11) is -0.945. The molecule has 0 heterocycles. The lowest BCUT2D eigenvalue weighted by molar-refractivity contribution is 0.431. The molecule has 1 aromatic carbocycles. The van der Waals surface area contributed by atoms with Crippen molar-refractivity contribution in [1.29, 1.82) is 0 Å². The van der Waals surface area contributed by atoms with Crippen LogP contribution >= 0.6 is 8.15 Å². The van der Waals surface area contributed by atoms with E-state index in [4.69, 9.17) is 5.73 Å². The molecular formula is C38H56NO2P. The monoisotopic (exact) mass is 589 g/mol. The maximum Gasteiger partial charge on any atom is 0.0595 e. The van der Waals surface area contributed by atoms with E-state index in [9.17, 15) is 4.89 Å². The third kappa shape index (κ3) is 15.0. The first-order chi connectivity index (χ1) is 20.2. The highest BCUT2D eigenvalue weighted by atomic mass is 31.1. The second kappa shape index (κ2) is 23.8. The average molecular weight is 590 g/mol. The van der Waals surface area contributed by atoms with E-state index < -0.39 is 8.15 Å². The van der Waals surface area contributed by atoms with Crippen LogP contribution in [0.3, 0.4) is 0 Å². The Bertz CT molecular complexity index is 1050. The number of allylic oxidation sites excluding steroid dienone is 15. The smallest absolute Gasteiger partial charge is 0.0595 e. The molecular weight excluding hydrogens is 533 g/mol. The van der Waals surface area contributed by atoms with E-state index in [1.165, 1.54) is 49.4 Å². The first kappa shape index (κ1) is 37.3. The van der Waals surface area contributed by atoms with Crippen LogP contribution in [0, 0.1) is 17.8 Å². The van der Waals surface area contributed by atoms with Crippen molar-refractivity contribution in [1.82, 2.24) is 0 Å². The van der Waals surface area contributed by atoms with Crippen LogP contribution < -0.4 is 5.73 Å². The molecule has 0 bridgehead atoms. The fraction of sp³-hybridized carbons (Fsp3) is 0.421. The number of hydrogen-bond donors (Lipinski definition) is 2. The summed E-state index contributed by atoms with van der Waals surface area (Å²) in [5.41, 5.74) is 7.19. The molecule has 0 spiro atoms. The van der Waals surface area contributed by atoms with E-state index in [0.29, 0.717) is 11.6 Å². The third-order valence-corrected chi connectivity index (χ3v) is 9.69. The van der Waals surface area contributed by atoms with E-state index >= 15 is 0 Å². The zero-order chi connectivity index (χ0) is 29.5. The molecule has 5 rings (SSSR count). The molecule has 230 valence electrons. The Balaban J connectivity index is 0.000000303. The SMILES string of the molecule is C1=CCC(Cc2ccccc2)CC1.CC.CC(/C=C\N)C1CC=CC=CC1.O.OP(C1=CC=CCC1)C1C=CC=CC1. The largest absolute Gasteiger partial charge is 0.412 e. The lowest BCUT2D eigenvalue weighted by atomic mass is 9.88. The van der Waals surface area contributed by atoms with Crippen molar-refractivity contribution >= 4 is 8.15 Å². The second-order valence-electron chi connectivity index (χ2n) is 10.8. The highest BCUT2D eigenvalue weighted by molar-refractivity contribution is 7.57. The van der Waals surface area contributed by atoms with E-state index in [1.54, 1.807) is 6.20 Å². The van der Waals surface area contributed by atoms with Gasteiger partial charge in [0.15, 0.2) is 0 Å². The van der Waals surface area contributed by atoms with Crippen molar-refractivity contribution in [2.45, 2.75) is 84.2 Å². The Morgan fingerprint density at radius 2 is 1.55 bits per heavy atom. The van der Waals surface area contributed by atoms with E-state index in [-0.39, 0.29) is 5.48 Å². The number of benzene rings is 1. The summed E-state index contributed by atoms with van der Waals surface area (Å²) >= 11 is 0. The van der Waals surface area contributed by atoms with Gasteiger partial charge < -0.3 is 16.1 Å². The van der Waals surface area contributed by atoms with E-state index in [2.05, 4.69) is 116 Å². The Morgan fingerprint density at radius 3 is 2.12 bits per heavy atom. The molecule has 42 heavy (non-hydrogen) atoms. The summed E-state index contributed by atoms with van der Waals surface area (Å²) in [5.74, 6) is 2.19. The Hall–Kier alpha value is -2.71. The first-order valence-electron chi connectivity index (χ1n) is 15.7. The predicted molar refractivity (Wildman–Crippen MR) is 187 cm³/mol. The molecule has 1 aromatic rings. The van der Waals surface area contributed by atoms with Gasteiger partial charge in [-0.15, -0.1) is 0 Å². The van der Waals surface area contributed by atoms with Gasteiger partial charge in [0.1, 0.15) is 0 Å². The summed E-state index contributed by atoms with van der Waals surface area (Å²) in [6, 6.07) is 10.8. The van der Waals surface area contributed by atoms with Gasteiger partial charge in [0.05, 0.1) is 8.15 Å². The zero-order valence-electron chi connectivity index (χ0n) is 26.2. The summed E-state index contributed by atoms with van der Waals surface area (Å²) in [6.07, 6.45) is 42.3. The zero-order valence-corrected chi connectivity index (χ0v) is 27.1. The predicted octanol–water partition coefficient (Wildman–Crippen LogP) is 9.90. The molecule has 0 aromatic heterocycles. The van der Waals surface area contributed by atoms with Crippen LogP contribution in [0.15, 0.2) is 127 Å². The molecule has 0 radical (unpaired) electrons. The molecule has 4 aliphatic carbocycles. The van der Waals surface area contributed by atoms with Gasteiger partial charge in [-0.1, -0.05) is 136 Å². The summed E-state index contributed by atoms with van der Waals surface area (Å²) in [6.45, 7) is 6.22. The minimum Gasteiger partial charge on any atom is -0.412 e. The van der Waals surface area contributed by atoms with Gasteiger partial charge >= 0.3 is 0 Å². The van der Waals surface area contributed by atoms with Crippen molar-refractivity contribution in [3.63, 3.8) is 0 Å². The van der Waals surface area contributed by atoms with Crippen LogP contribution in [0.2, 0.25) is 0 Å². The van der Waals surface area contributed by atoms with Crippen LogP contribution in [0.25, 0.3) is 0 Å². The van der Waals surface area contributed by atoms with Crippen molar-refractivity contribution in [3.8, 4) is 0 Å². The molecule has 4 aliphatic rings. The maximum atomic E-state index is 10.2. The molecule has 5 N–H and O–H groups in total. The van der Waals surface area contributed by atoms with Crippen LogP contribution in [0.5, 0.6) is 0 Å². The fourth-order valence-electron chi connectivity index (χ4n) is 5.25. The first-order valence-corrected chi connectivity index (χ1v) is 17.1. The molecule has 0 amide bonds. The van der Waals surface area contributed by atoms with Gasteiger partial charge in [-0.2, -0.15) is 0 Å². The molecule has 4 atom stereocenters. The molecule has 0 fully saturated rings. The van der Waals surface area contributed by atoms with Gasteiger partial charge in [-0.25, -0.2) is 0 Å². The average Bonchev–Trinajstić information content (AvgIpc) is 3.34. The summed E-state index contributed by atoms with van der Waals surface area (Å²) < 4.78 is 0. The van der Waals surface area contributed by atoms with Crippen LogP contribution in [-0.2, 0) is 6.42 Å². The molecule has 0 aliphatic heterocycles. The fourth-order valence-corrected chi connectivity index (χ4v) is 6.86. The standard InChI is InChI=1S/C13H16.C12H15OP.C11H17N.C2H6.H2O/c1-3-7-12(8-4-1)11-13-9-5-2-6-10-13;13-14(11-7-3-1-4-8-11)12-9-5-2-6-10-12;1-10(8-9-12)11-6-4-2-3-5-7-11;1-2;/h1-5,7-8,13H,6,9-11H2;1-5,7,9,11,13H,6,8,10H2;2-5,8-11H,6-7,12H2,1H3;1-2H3;1H2/b;;9-8-;;. The van der Waals surface area contributed by atoms with Gasteiger partial charge in [0.25, 0.3) is 0 Å². The number of hydrogen-bond acceptors (Lipinski definition) is 2. The van der Waals surface area contributed by atoms with Gasteiger partial charge in [-0.3, -0.25) is 0 Å². The molecule has 3 nitrogen and oxygen atoms in total. The van der Waals surface area contributed by atoms with Crippen molar-refractivity contribution in [2.24, 2.45) is 23.5 Å². The number of nitrogens with two attached hydrogens (primary N) is 1. The van der Waals surface area contributed by atoms with Crippen molar-refractivity contribution < 1.29 is 10.4 Å². The Kier molecular flexibility index (Phi) is 21.2. The third-order valence-electron chi connectivity index (χ3n) is 7.72. The quantitative estimate of drug-likeness (QED) is 0.256. The van der Waals surface area contributed by atoms with Crippen LogP contribution in [-0.4, -0.2) is 16.0 Å². The van der Waals surface area contributed by atoms with E-state index in [1.807, 2.05) is 19.9 Å². The van der Waals surface area contributed by atoms with Crippen molar-refractivity contribution in [3.05, 3.63) is 132 Å². The topological polar surface area (TPSA) is 77.8 Å². The number of rotatable bonds is 6. The molecule has 4 unspecified atom stereocenters. The lowest BCUT2D eigenvalue weighted by Gasteiger charge is -2.23. The maximum absolute atomic E-state index is 10.2. The van der Waals surface area contributed by atoms with Crippen molar-refractivity contribution in [2.75, 3.05) is 0 Å². The van der Waals surface area contributed by atoms with Crippen LogP contribution in [0.1, 0.15) is 77.7 Å². The Morgan fingerprint density at radius 1 is 0.857 bits per heavy atom. The minimum atomic E-state index is -0.945. The highest BCUT2D eigenvalue weighted by Crippen LogP contribution is 2.50. The molecule has 0 saturated carbocycles. The molecule has 0 saturated heterocycles. The Labute approximate surface area is 258 Å². The highest BCUT2D eigenvalue weighted by Gasteiger charge is 2.20. The van der Waals surface area contributed by atoms with Gasteiger partial charge in [0.2, 0.25) is 0 Å². The second-order valence-corrected chi connectivity index (χ2v) is 12.7. The normalized spacial score (nSPS) is 22.1. The van der Waals surface area contributed by atoms with Crippen LogP contribution in [0.4, 0.5) is 0 Å². The molecule has 4 heteroatoms. The summed E-state index contributed by atoms with van der Waals surface area (Å²) in [5, 5.41) is 1.24.